The number of benzene rings is 1. The zero-order chi connectivity index (χ0) is 18.6. The fourth-order valence-corrected chi connectivity index (χ4v) is 3.93. The van der Waals surface area contributed by atoms with Crippen molar-refractivity contribution in [2.75, 3.05) is 6.54 Å². The van der Waals surface area contributed by atoms with Crippen molar-refractivity contribution in [3.05, 3.63) is 61.8 Å². The number of hydrogen-bond acceptors (Lipinski definition) is 3. The molecule has 0 bridgehead atoms. The van der Waals surface area contributed by atoms with Gasteiger partial charge in [0.15, 0.2) is 5.75 Å². The number of carbonyl (C=O) groups is 1. The zero-order valence-corrected chi connectivity index (χ0v) is 15.0. The van der Waals surface area contributed by atoms with Crippen LogP contribution in [-0.4, -0.2) is 27.0 Å². The third-order valence-corrected chi connectivity index (χ3v) is 5.46. The first-order chi connectivity index (χ1) is 12.4. The summed E-state index contributed by atoms with van der Waals surface area (Å²) >= 11 is 5.81. The summed E-state index contributed by atoms with van der Waals surface area (Å²) in [6.45, 7) is 0.712. The Balaban J connectivity index is 1.72. The van der Waals surface area contributed by atoms with Gasteiger partial charge in [0.25, 0.3) is 11.5 Å². The monoisotopic (exact) mass is 376 g/mol. The standard InChI is InChI=1S/C19H18ClFN2O3/c1-22-16(11-3-4-11)12-6-7-23(18(25)15(12)17(24)19(22)26)9-10-2-5-14(21)13(20)8-10/h2,5,8,11,24H,3-4,6-7,9H2,1H3. The van der Waals surface area contributed by atoms with Gasteiger partial charge in [-0.3, -0.25) is 9.59 Å². The highest BCUT2D eigenvalue weighted by molar-refractivity contribution is 6.30. The third kappa shape index (κ3) is 2.69. The number of aromatic hydroxyl groups is 1. The second-order valence-electron chi connectivity index (χ2n) is 6.95. The minimum atomic E-state index is -0.536. The minimum absolute atomic E-state index is 0.0000877. The van der Waals surface area contributed by atoms with Crippen molar-refractivity contribution in [2.24, 2.45) is 7.05 Å². The first-order valence-corrected chi connectivity index (χ1v) is 8.94. The van der Waals surface area contributed by atoms with E-state index >= 15 is 0 Å². The SMILES string of the molecule is Cn1c(C2CC2)c2c(c(O)c1=O)C(=O)N(Cc1ccc(F)c(Cl)c1)CC2. The van der Waals surface area contributed by atoms with Gasteiger partial charge in [-0.25, -0.2) is 4.39 Å². The molecule has 0 spiro atoms. The maximum Gasteiger partial charge on any atom is 0.293 e. The number of pyridine rings is 1. The van der Waals surface area contributed by atoms with Crippen LogP contribution < -0.4 is 5.56 Å². The molecule has 1 N–H and O–H groups in total. The smallest absolute Gasteiger partial charge is 0.293 e. The highest BCUT2D eigenvalue weighted by Crippen LogP contribution is 2.43. The van der Waals surface area contributed by atoms with E-state index in [-0.39, 0.29) is 29.0 Å². The Bertz CT molecular complexity index is 982. The summed E-state index contributed by atoms with van der Waals surface area (Å²) in [6.07, 6.45) is 2.57. The fraction of sp³-hybridized carbons (Fsp3) is 0.368. The van der Waals surface area contributed by atoms with Crippen molar-refractivity contribution in [3.63, 3.8) is 0 Å². The molecule has 1 aliphatic heterocycles. The summed E-state index contributed by atoms with van der Waals surface area (Å²) < 4.78 is 14.8. The van der Waals surface area contributed by atoms with Crippen LogP contribution >= 0.6 is 11.6 Å². The quantitative estimate of drug-likeness (QED) is 0.895. The van der Waals surface area contributed by atoms with Crippen LogP contribution in [0.15, 0.2) is 23.0 Å². The van der Waals surface area contributed by atoms with Crippen molar-refractivity contribution >= 4 is 17.5 Å². The van der Waals surface area contributed by atoms with Crippen LogP contribution in [0.25, 0.3) is 0 Å². The highest BCUT2D eigenvalue weighted by atomic mass is 35.5. The van der Waals surface area contributed by atoms with Gasteiger partial charge >= 0.3 is 0 Å². The average Bonchev–Trinajstić information content (AvgIpc) is 3.43. The molecule has 26 heavy (non-hydrogen) atoms. The molecule has 4 rings (SSSR count). The van der Waals surface area contributed by atoms with Crippen molar-refractivity contribution in [3.8, 4) is 5.75 Å². The summed E-state index contributed by atoms with van der Waals surface area (Å²) in [5.41, 5.74) is 1.94. The third-order valence-electron chi connectivity index (χ3n) is 5.17. The number of rotatable bonds is 3. The Kier molecular flexibility index (Phi) is 4.03. The molecule has 5 nitrogen and oxygen atoms in total. The van der Waals surface area contributed by atoms with Gasteiger partial charge in [0.1, 0.15) is 5.82 Å². The van der Waals surface area contributed by atoms with Crippen molar-refractivity contribution in [2.45, 2.75) is 31.7 Å². The summed E-state index contributed by atoms with van der Waals surface area (Å²) in [6, 6.07) is 4.32. The first-order valence-electron chi connectivity index (χ1n) is 8.56. The molecule has 1 aliphatic carbocycles. The predicted molar refractivity (Wildman–Crippen MR) is 95.2 cm³/mol. The number of fused-ring (bicyclic) bond motifs is 1. The van der Waals surface area contributed by atoms with Gasteiger partial charge in [-0.2, -0.15) is 0 Å². The normalized spacial score (nSPS) is 16.7. The molecular formula is C19H18ClFN2O3. The van der Waals surface area contributed by atoms with E-state index in [1.807, 2.05) is 0 Å². The number of aromatic nitrogens is 1. The van der Waals surface area contributed by atoms with Crippen LogP contribution in [0.3, 0.4) is 0 Å². The van der Waals surface area contributed by atoms with Gasteiger partial charge in [-0.05, 0) is 48.4 Å². The molecule has 0 saturated heterocycles. The molecule has 0 unspecified atom stereocenters. The highest BCUT2D eigenvalue weighted by Gasteiger charge is 2.37. The van der Waals surface area contributed by atoms with Gasteiger partial charge in [0, 0.05) is 25.8 Å². The van der Waals surface area contributed by atoms with Crippen LogP contribution in [0, 0.1) is 5.82 Å². The lowest BCUT2D eigenvalue weighted by Gasteiger charge is -2.31. The van der Waals surface area contributed by atoms with Crippen LogP contribution in [0.1, 0.15) is 45.9 Å². The van der Waals surface area contributed by atoms with Crippen LogP contribution in [-0.2, 0) is 20.0 Å². The first kappa shape index (κ1) is 17.1. The molecular weight excluding hydrogens is 359 g/mol. The molecule has 2 aliphatic rings. The van der Waals surface area contributed by atoms with Crippen LogP contribution in [0.4, 0.5) is 4.39 Å². The molecule has 1 amide bonds. The van der Waals surface area contributed by atoms with Crippen LogP contribution in [0.5, 0.6) is 5.75 Å². The molecule has 0 radical (unpaired) electrons. The minimum Gasteiger partial charge on any atom is -0.502 e. The Morgan fingerprint density at radius 2 is 2.04 bits per heavy atom. The molecule has 0 atom stereocenters. The van der Waals surface area contributed by atoms with Gasteiger partial charge < -0.3 is 14.6 Å². The molecule has 2 aromatic rings. The predicted octanol–water partition coefficient (Wildman–Crippen LogP) is 2.96. The number of carbonyl (C=O) groups excluding carboxylic acids is 1. The fourth-order valence-electron chi connectivity index (χ4n) is 3.72. The van der Waals surface area contributed by atoms with E-state index in [9.17, 15) is 19.1 Å². The van der Waals surface area contributed by atoms with E-state index in [1.165, 1.54) is 16.7 Å². The van der Waals surface area contributed by atoms with E-state index in [0.29, 0.717) is 18.5 Å². The lowest BCUT2D eigenvalue weighted by Crippen LogP contribution is -2.40. The Morgan fingerprint density at radius 3 is 2.69 bits per heavy atom. The number of halogens is 2. The Hall–Kier alpha value is -2.34. The van der Waals surface area contributed by atoms with E-state index in [1.54, 1.807) is 18.0 Å². The largest absolute Gasteiger partial charge is 0.502 e. The summed E-state index contributed by atoms with van der Waals surface area (Å²) in [5, 5.41) is 10.3. The van der Waals surface area contributed by atoms with Crippen molar-refractivity contribution < 1.29 is 14.3 Å². The number of hydrogen-bond donors (Lipinski definition) is 1. The molecule has 7 heteroatoms. The molecule has 136 valence electrons. The summed E-state index contributed by atoms with van der Waals surface area (Å²) in [5.74, 6) is -1.08. The van der Waals surface area contributed by atoms with Gasteiger partial charge in [0.2, 0.25) is 0 Å². The maximum atomic E-state index is 13.3. The Labute approximate surface area is 154 Å². The summed E-state index contributed by atoms with van der Waals surface area (Å²) in [7, 11) is 1.65. The molecule has 2 heterocycles. The van der Waals surface area contributed by atoms with Gasteiger partial charge in [0.05, 0.1) is 10.6 Å². The van der Waals surface area contributed by atoms with E-state index < -0.39 is 17.1 Å². The van der Waals surface area contributed by atoms with Crippen molar-refractivity contribution in [1.29, 1.82) is 0 Å². The topological polar surface area (TPSA) is 62.5 Å². The number of amides is 1. The lowest BCUT2D eigenvalue weighted by molar-refractivity contribution is 0.0721. The van der Waals surface area contributed by atoms with Gasteiger partial charge in [-0.1, -0.05) is 17.7 Å². The molecule has 1 fully saturated rings. The molecule has 1 aromatic carbocycles. The second-order valence-corrected chi connectivity index (χ2v) is 7.36. The zero-order valence-electron chi connectivity index (χ0n) is 14.3. The van der Waals surface area contributed by atoms with Gasteiger partial charge in [-0.15, -0.1) is 0 Å². The number of nitrogens with zero attached hydrogens (tertiary/aromatic N) is 2. The average molecular weight is 377 g/mol. The van der Waals surface area contributed by atoms with E-state index in [0.717, 1.165) is 24.1 Å². The molecule has 1 aromatic heterocycles. The van der Waals surface area contributed by atoms with Crippen LogP contribution in [0.2, 0.25) is 5.02 Å². The molecule has 1 saturated carbocycles. The summed E-state index contributed by atoms with van der Waals surface area (Å²) in [4.78, 5) is 26.9. The second kappa shape index (κ2) is 6.13. The van der Waals surface area contributed by atoms with Crippen molar-refractivity contribution in [1.82, 2.24) is 9.47 Å². The lowest BCUT2D eigenvalue weighted by atomic mass is 9.94. The maximum absolute atomic E-state index is 13.3. The van der Waals surface area contributed by atoms with E-state index in [2.05, 4.69) is 0 Å². The Morgan fingerprint density at radius 1 is 1.31 bits per heavy atom. The van der Waals surface area contributed by atoms with E-state index in [4.69, 9.17) is 11.6 Å².